The third kappa shape index (κ3) is 125. The number of hydrogen-bond donors (Lipinski definition) is 14. The van der Waals surface area contributed by atoms with Crippen molar-refractivity contribution in [1.29, 1.82) is 0 Å². The third-order valence-corrected chi connectivity index (χ3v) is 17.2. The summed E-state index contributed by atoms with van der Waals surface area (Å²) >= 11 is 0. The summed E-state index contributed by atoms with van der Waals surface area (Å²) < 4.78 is 58.1. The summed E-state index contributed by atoms with van der Waals surface area (Å²) in [6.45, 7) is 80.8. The van der Waals surface area contributed by atoms with Crippen molar-refractivity contribution in [2.24, 2.45) is 21.5 Å². The lowest BCUT2D eigenvalue weighted by Gasteiger charge is -2.25. The number of carbonyl (C=O) groups excluding carboxylic acids is 15. The number of epoxide rings is 1. The number of nitrogens with two attached hydrogens (primary N) is 2. The molecular formula is C104H184N8O35. The van der Waals surface area contributed by atoms with Gasteiger partial charge in [0, 0.05) is 99.5 Å². The molecule has 0 aromatic heterocycles. The smallest absolute Gasteiger partial charge is 0.407 e. The largest absolute Gasteiger partial charge is 0.460 e. The molecule has 1 heterocycles. The molecule has 0 radical (unpaired) electrons. The molecular weight excluding hydrogens is 1920 g/mol. The van der Waals surface area contributed by atoms with E-state index in [2.05, 4.69) is 111 Å². The molecule has 0 bridgehead atoms. The number of aliphatic hydroxyl groups is 8. The number of nitrogens with one attached hydrogen (secondary N) is 4. The van der Waals surface area contributed by atoms with Crippen LogP contribution in [0.2, 0.25) is 0 Å². The maximum absolute atomic E-state index is 12.2. The van der Waals surface area contributed by atoms with Crippen molar-refractivity contribution in [3.8, 4) is 0 Å². The highest BCUT2D eigenvalue weighted by atomic mass is 16.6. The highest BCUT2D eigenvalue weighted by Gasteiger charge is 2.26. The Labute approximate surface area is 872 Å². The van der Waals surface area contributed by atoms with E-state index in [0.717, 1.165) is 32.1 Å². The van der Waals surface area contributed by atoms with Crippen LogP contribution >= 0.6 is 0 Å². The Kier molecular flexibility index (Phi) is 111. The molecule has 43 nitrogen and oxygen atoms in total. The van der Waals surface area contributed by atoms with E-state index >= 15 is 0 Å². The molecule has 1 fully saturated rings. The van der Waals surface area contributed by atoms with Gasteiger partial charge in [-0.1, -0.05) is 121 Å². The van der Waals surface area contributed by atoms with Crippen molar-refractivity contribution in [1.82, 2.24) is 21.3 Å². The van der Waals surface area contributed by atoms with Crippen LogP contribution in [0, 0.1) is 0 Å². The molecule has 1 saturated heterocycles. The molecule has 850 valence electrons. The Morgan fingerprint density at radius 2 is 0.592 bits per heavy atom. The van der Waals surface area contributed by atoms with Gasteiger partial charge in [0.1, 0.15) is 70.2 Å². The molecule has 0 aromatic rings. The van der Waals surface area contributed by atoms with E-state index < -0.39 is 96.6 Å². The maximum atomic E-state index is 12.2. The van der Waals surface area contributed by atoms with Gasteiger partial charge in [0.05, 0.1) is 88.2 Å². The van der Waals surface area contributed by atoms with E-state index in [9.17, 15) is 82.1 Å². The van der Waals surface area contributed by atoms with Crippen molar-refractivity contribution in [2.45, 2.75) is 374 Å². The number of hydrogen-bond acceptors (Lipinski definition) is 39. The lowest BCUT2D eigenvalue weighted by atomic mass is 9.98. The first-order valence-electron chi connectivity index (χ1n) is 48.5. The monoisotopic (exact) mass is 2110 g/mol. The van der Waals surface area contributed by atoms with Gasteiger partial charge in [-0.3, -0.25) is 0 Å². The molecule has 16 atom stereocenters. The molecule has 147 heavy (non-hydrogen) atoms. The van der Waals surface area contributed by atoms with Gasteiger partial charge >= 0.3 is 77.9 Å². The second-order valence-corrected chi connectivity index (χ2v) is 33.9. The van der Waals surface area contributed by atoms with Crippen LogP contribution in [0.15, 0.2) is 132 Å². The van der Waals surface area contributed by atoms with Gasteiger partial charge in [-0.05, 0) is 195 Å². The van der Waals surface area contributed by atoms with Crippen molar-refractivity contribution >= 4 is 90.1 Å². The van der Waals surface area contributed by atoms with E-state index in [0.29, 0.717) is 98.0 Å². The van der Waals surface area contributed by atoms with Gasteiger partial charge in [0.25, 0.3) is 0 Å². The number of aliphatic hydroxyl groups excluding tert-OH is 8. The van der Waals surface area contributed by atoms with E-state index in [4.69, 9.17) is 84.7 Å². The van der Waals surface area contributed by atoms with Gasteiger partial charge in [-0.15, -0.1) is 0 Å². The van der Waals surface area contributed by atoms with Crippen LogP contribution in [-0.2, 0) is 114 Å². The summed E-state index contributed by atoms with van der Waals surface area (Å²) in [4.78, 5) is 170. The normalized spacial score (nSPS) is 13.6. The van der Waals surface area contributed by atoms with Gasteiger partial charge in [-0.2, -0.15) is 0 Å². The third-order valence-electron chi connectivity index (χ3n) is 17.2. The molecule has 1 aliphatic heterocycles. The topological polar surface area (TPSA) is 657 Å². The summed E-state index contributed by atoms with van der Waals surface area (Å²) in [6, 6.07) is -0.928. The van der Waals surface area contributed by atoms with E-state index in [-0.39, 0.29) is 180 Å². The van der Waals surface area contributed by atoms with E-state index in [1.54, 1.807) is 96.9 Å². The second-order valence-electron chi connectivity index (χ2n) is 33.9. The molecule has 16 N–H and O–H groups in total. The Morgan fingerprint density at radius 1 is 0.333 bits per heavy atom. The van der Waals surface area contributed by atoms with Crippen LogP contribution in [-0.4, -0.2) is 307 Å². The van der Waals surface area contributed by atoms with Crippen molar-refractivity contribution in [2.75, 3.05) is 79.0 Å². The fourth-order valence-corrected chi connectivity index (χ4v) is 8.09. The van der Waals surface area contributed by atoms with Crippen LogP contribution in [0.4, 0.5) is 14.4 Å². The molecule has 43 heteroatoms. The number of nitrogens with zero attached hydrogens (tertiary/aromatic N) is 2. The summed E-state index contributed by atoms with van der Waals surface area (Å²) in [7, 11) is 0. The van der Waals surface area contributed by atoms with Crippen molar-refractivity contribution in [3.05, 3.63) is 122 Å². The fourth-order valence-electron chi connectivity index (χ4n) is 8.09. The molecule has 16 unspecified atom stereocenters. The number of amides is 4. The highest BCUT2D eigenvalue weighted by Crippen LogP contribution is 2.16. The Balaban J connectivity index is -0.000000161. The summed E-state index contributed by atoms with van der Waals surface area (Å²) in [6.07, 6.45) is 6.40. The first-order valence-corrected chi connectivity index (χ1v) is 48.5. The molecule has 0 aromatic carbocycles. The SMILES string of the molecule is C=C(C)C(=O)OC(=O)C(=C)C.C=C(C)C(=O)OC(CC)CC(C)O.C=C(C)C(=O)OC(CC)CC(C)O.C=C(C)C(=O)OCC1CO1.C=C(C)C(=O)OCCN=C=O.C=C(C)C(=O)OCCN=C=O.C=C(C)C(=O)OCCNC(=O)NC(CC(N)CC)CC(O)CC(C)OC(=O)NCCOC(=O)C(=C)C.C=C(C)C(=O)OCCNC(=O)OC(CC)CC(C)O.CCC(C)O.CCC(C)O.CCC(C)O.CCC(N)CC(C)O. The molecule has 0 spiro atoms. The number of carbonyl (C=O) groups is 13. The number of esters is 10. The number of aliphatic imine (C=N–C) groups is 2. The van der Waals surface area contributed by atoms with Crippen molar-refractivity contribution < 1.29 is 170 Å². The molecule has 4 amide bonds. The number of alkyl carbamates (subject to hydrolysis) is 2. The van der Waals surface area contributed by atoms with Gasteiger partial charge < -0.3 is 130 Å². The Hall–Kier alpha value is -11.6. The standard InChI is InChI=1S/C24H42N4O8.C13H23NO5.2C10H18O3.C8H10O3.2C7H9NO3.C7H10O3.C6H15NO.3C4H10O/c1-7-18(25)13-19(28-23(32)26-8-10-34-21(30)15(2)3)14-20(29)12-17(6)36-24(33)27-9-11-35-22(31)16(4)5;1-5-11(8-10(4)15)19-13(17)14-6-7-18-12(16)9(2)3;2*1-5-9(6-8(4)11)13-10(12)7(2)3;1-5(2)7(9)11-8(10)6(3)4;2*1-6(2)7(10)11-4-3-8-5-9;1-5(2)7(8)10-4-6-3-9-6;1-3-6(7)4-5(2)8;3*1-3-4(2)5/h17-20,29H,2,4,7-14,25H2,1,3,5-6H3,(H,27,33)(H2,26,28,32);10-11,15H,2,5-8H2,1,3-4H3,(H,14,17);2*8-9,11H,2,5-6H2,1,3-4H3;1,3H2,2,4H3;2*1,3-4H2,2H3;6H,1,3-4H2,2H3;5-6,8H,3-4,7H2,1-2H3;3*4-5H,3H2,1-2H3. The summed E-state index contributed by atoms with van der Waals surface area (Å²) in [5.41, 5.74) is 14.7. The van der Waals surface area contributed by atoms with Gasteiger partial charge in [-0.25, -0.2) is 81.9 Å². The predicted octanol–water partition coefficient (Wildman–Crippen LogP) is 11.4. The lowest BCUT2D eigenvalue weighted by molar-refractivity contribution is -0.154. The van der Waals surface area contributed by atoms with E-state index in [1.165, 1.54) is 39.9 Å². The average Bonchev–Trinajstić information content (AvgIpc) is 1.90. The number of isocyanates is 2. The maximum Gasteiger partial charge on any atom is 0.407 e. The Bertz CT molecular complexity index is 3790. The van der Waals surface area contributed by atoms with Crippen LogP contribution in [0.1, 0.15) is 276 Å². The first kappa shape index (κ1) is 158. The van der Waals surface area contributed by atoms with E-state index in [1.807, 2.05) is 55.4 Å². The second kappa shape index (κ2) is 103. The zero-order valence-corrected chi connectivity index (χ0v) is 92.6. The summed E-state index contributed by atoms with van der Waals surface area (Å²) in [5, 5.41) is 82.0. The number of rotatable bonds is 54. The minimum absolute atomic E-state index is 0.00583. The fraction of sp³-hybridized carbons (Fsp3) is 0.663. The Morgan fingerprint density at radius 3 is 0.837 bits per heavy atom. The van der Waals surface area contributed by atoms with Crippen LogP contribution in [0.3, 0.4) is 0 Å². The average molecular weight is 2110 g/mol. The minimum atomic E-state index is -0.879. The van der Waals surface area contributed by atoms with Crippen molar-refractivity contribution in [3.63, 3.8) is 0 Å². The lowest BCUT2D eigenvalue weighted by Crippen LogP contribution is -2.46. The number of ether oxygens (including phenoxy) is 12. The first-order chi connectivity index (χ1) is 68.1. The van der Waals surface area contributed by atoms with Gasteiger partial charge in [0.2, 0.25) is 12.2 Å². The van der Waals surface area contributed by atoms with Gasteiger partial charge in [0.15, 0.2) is 0 Å². The minimum Gasteiger partial charge on any atom is -0.460 e. The number of urea groups is 1. The van der Waals surface area contributed by atoms with Crippen LogP contribution < -0.4 is 32.7 Å². The van der Waals surface area contributed by atoms with Crippen LogP contribution in [0.5, 0.6) is 0 Å². The molecule has 0 saturated carbocycles. The molecule has 1 rings (SSSR count). The quantitative estimate of drug-likeness (QED) is 0.00393. The zero-order valence-electron chi connectivity index (χ0n) is 92.6. The summed E-state index contributed by atoms with van der Waals surface area (Å²) in [5.74, 6) is -5.03. The highest BCUT2D eigenvalue weighted by molar-refractivity contribution is 6.00. The van der Waals surface area contributed by atoms with Crippen LogP contribution in [0.25, 0.3) is 0 Å². The molecule has 0 aliphatic carbocycles. The zero-order chi connectivity index (χ0) is 117. The molecule has 1 aliphatic rings. The predicted molar refractivity (Wildman–Crippen MR) is 561 cm³/mol.